The summed E-state index contributed by atoms with van der Waals surface area (Å²) in [5.74, 6) is 0. The Morgan fingerprint density at radius 2 is 1.09 bits per heavy atom. The zero-order valence-electron chi connectivity index (χ0n) is 39.6. The van der Waals surface area contributed by atoms with Gasteiger partial charge in [-0.15, -0.1) is 22.7 Å². The number of nitrogens with zero attached hydrogens (tertiary/aromatic N) is 2. The fraction of sp³-hybridized carbons (Fsp3) is 0.233. The number of aryl methyl sites for hydroxylation is 2. The van der Waals surface area contributed by atoms with Gasteiger partial charge in [0.2, 0.25) is 0 Å². The average molecular weight is 881 g/mol. The first-order chi connectivity index (χ1) is 31.0. The molecule has 0 atom stereocenters. The maximum atomic E-state index is 2.65. The molecule has 2 aliphatic heterocycles. The van der Waals surface area contributed by atoms with E-state index in [-0.39, 0.29) is 23.0 Å². The Labute approximate surface area is 394 Å². The molecule has 0 spiro atoms. The highest BCUT2D eigenvalue weighted by Gasteiger charge is 2.46. The molecule has 9 aromatic rings. The Hall–Kier alpha value is -5.88. The summed E-state index contributed by atoms with van der Waals surface area (Å²) in [5, 5.41) is 6.34. The zero-order valence-corrected chi connectivity index (χ0v) is 41.3. The molecule has 0 amide bonds. The van der Waals surface area contributed by atoms with E-state index in [1.165, 1.54) is 120 Å². The SMILES string of the molecule is Cc1cc(C(C)(C)C)cc(C)c1N1c2cccc3c2B(c2ccc(-c4csc5ccccc45)cc2N3c2ccc(C(C)(C)C)cc2-c2ccccc2)c2c1sc1ccc(C(C)(C)C)cc21. The molecule has 0 saturated heterocycles. The summed E-state index contributed by atoms with van der Waals surface area (Å²) in [5.41, 5.74) is 22.0. The van der Waals surface area contributed by atoms with Gasteiger partial charge in [-0.3, -0.25) is 0 Å². The number of thiophene rings is 2. The van der Waals surface area contributed by atoms with E-state index in [1.54, 1.807) is 0 Å². The molecule has 0 radical (unpaired) electrons. The summed E-state index contributed by atoms with van der Waals surface area (Å²) in [7, 11) is 0. The Morgan fingerprint density at radius 3 is 1.80 bits per heavy atom. The van der Waals surface area contributed by atoms with Crippen molar-refractivity contribution in [1.29, 1.82) is 0 Å². The van der Waals surface area contributed by atoms with Crippen molar-refractivity contribution in [1.82, 2.24) is 0 Å². The van der Waals surface area contributed by atoms with E-state index in [1.807, 2.05) is 22.7 Å². The van der Waals surface area contributed by atoms with Gasteiger partial charge in [0.05, 0.1) is 16.4 Å². The van der Waals surface area contributed by atoms with Gasteiger partial charge in [-0.2, -0.15) is 0 Å². The standard InChI is InChI=1S/C60H57BN2S2/c1-36-30-42(60(9,10)11)31-37(2)56(36)63-50-22-17-21-49-55(50)61(54-45-34-41(59(6,7)8)26-29-53(45)65-57(54)63)47-27-24-39(46-35-64-52-23-16-15-20-43(46)52)32-51(47)62(49)48-28-25-40(58(3,4)5)33-44(48)38-18-13-12-14-19-38/h12-35H,1-11H3. The van der Waals surface area contributed by atoms with Crippen LogP contribution in [0.2, 0.25) is 0 Å². The molecular weight excluding hydrogens is 824 g/mol. The first-order valence-electron chi connectivity index (χ1n) is 23.2. The Balaban J connectivity index is 1.26. The van der Waals surface area contributed by atoms with Gasteiger partial charge in [0, 0.05) is 43.0 Å². The van der Waals surface area contributed by atoms with E-state index in [0.29, 0.717) is 0 Å². The minimum atomic E-state index is -0.0207. The van der Waals surface area contributed by atoms with Crippen LogP contribution in [-0.2, 0) is 16.2 Å². The first kappa shape index (κ1) is 41.8. The lowest BCUT2D eigenvalue weighted by atomic mass is 9.33. The number of benzene rings is 7. The molecule has 0 saturated carbocycles. The van der Waals surface area contributed by atoms with Crippen LogP contribution in [0.3, 0.4) is 0 Å². The first-order valence-corrected chi connectivity index (χ1v) is 24.9. The highest BCUT2D eigenvalue weighted by Crippen LogP contribution is 2.52. The van der Waals surface area contributed by atoms with E-state index in [2.05, 4.69) is 231 Å². The number of fused-ring (bicyclic) bond motifs is 7. The average Bonchev–Trinajstić information content (AvgIpc) is 3.88. The van der Waals surface area contributed by atoms with Crippen molar-refractivity contribution in [3.8, 4) is 22.3 Å². The largest absolute Gasteiger partial charge is 0.311 e. The molecule has 2 nitrogen and oxygen atoms in total. The molecule has 0 unspecified atom stereocenters. The predicted octanol–water partition coefficient (Wildman–Crippen LogP) is 16.0. The van der Waals surface area contributed by atoms with Crippen molar-refractivity contribution in [3.05, 3.63) is 173 Å². The van der Waals surface area contributed by atoms with E-state index in [4.69, 9.17) is 0 Å². The van der Waals surface area contributed by atoms with Crippen LogP contribution >= 0.6 is 22.7 Å². The molecule has 4 heterocycles. The molecule has 11 rings (SSSR count). The predicted molar refractivity (Wildman–Crippen MR) is 288 cm³/mol. The summed E-state index contributed by atoms with van der Waals surface area (Å²) in [4.78, 5) is 5.28. The topological polar surface area (TPSA) is 6.48 Å². The molecule has 0 bridgehead atoms. The molecular formula is C60H57BN2S2. The van der Waals surface area contributed by atoms with Crippen LogP contribution in [0.5, 0.6) is 0 Å². The number of hydrogen-bond donors (Lipinski definition) is 0. The molecule has 322 valence electrons. The summed E-state index contributed by atoms with van der Waals surface area (Å²) >= 11 is 3.79. The molecule has 5 heteroatoms. The van der Waals surface area contributed by atoms with Crippen LogP contribution < -0.4 is 26.2 Å². The molecule has 0 fully saturated rings. The van der Waals surface area contributed by atoms with Crippen molar-refractivity contribution in [2.24, 2.45) is 0 Å². The second-order valence-corrected chi connectivity index (χ2v) is 23.5. The fourth-order valence-electron chi connectivity index (χ4n) is 10.6. The molecule has 0 aliphatic carbocycles. The van der Waals surface area contributed by atoms with Crippen molar-refractivity contribution in [3.63, 3.8) is 0 Å². The van der Waals surface area contributed by atoms with Crippen LogP contribution in [0.4, 0.5) is 33.4 Å². The highest BCUT2D eigenvalue weighted by molar-refractivity contribution is 7.26. The van der Waals surface area contributed by atoms with Crippen molar-refractivity contribution < 1.29 is 0 Å². The monoisotopic (exact) mass is 880 g/mol. The quantitative estimate of drug-likeness (QED) is 0.163. The zero-order chi connectivity index (χ0) is 45.3. The molecule has 7 aromatic carbocycles. The van der Waals surface area contributed by atoms with Gasteiger partial charge >= 0.3 is 0 Å². The van der Waals surface area contributed by atoms with Gasteiger partial charge in [-0.25, -0.2) is 0 Å². The molecule has 0 N–H and O–H groups in total. The highest BCUT2D eigenvalue weighted by atomic mass is 32.1. The third-order valence-electron chi connectivity index (χ3n) is 14.0. The smallest absolute Gasteiger partial charge is 0.254 e. The van der Waals surface area contributed by atoms with E-state index in [9.17, 15) is 0 Å². The molecule has 2 aliphatic rings. The Bertz CT molecular complexity index is 3340. The van der Waals surface area contributed by atoms with Gasteiger partial charge in [0.25, 0.3) is 6.71 Å². The minimum absolute atomic E-state index is 0.00291. The number of anilines is 6. The van der Waals surface area contributed by atoms with Crippen molar-refractivity contribution >= 4 is 99.4 Å². The van der Waals surface area contributed by atoms with Gasteiger partial charge in [0.1, 0.15) is 0 Å². The van der Waals surface area contributed by atoms with Crippen LogP contribution in [0.15, 0.2) is 145 Å². The second-order valence-electron chi connectivity index (χ2n) is 21.6. The van der Waals surface area contributed by atoms with Crippen LogP contribution in [0, 0.1) is 13.8 Å². The maximum absolute atomic E-state index is 2.65. The maximum Gasteiger partial charge on any atom is 0.254 e. The lowest BCUT2D eigenvalue weighted by Crippen LogP contribution is -2.61. The van der Waals surface area contributed by atoms with E-state index in [0.717, 1.165) is 0 Å². The third kappa shape index (κ3) is 6.72. The fourth-order valence-corrected chi connectivity index (χ4v) is 12.8. The van der Waals surface area contributed by atoms with Gasteiger partial charge in [-0.1, -0.05) is 159 Å². The van der Waals surface area contributed by atoms with Gasteiger partial charge < -0.3 is 9.80 Å². The lowest BCUT2D eigenvalue weighted by molar-refractivity contribution is 0.589. The third-order valence-corrected chi connectivity index (χ3v) is 16.2. The van der Waals surface area contributed by atoms with E-state index >= 15 is 0 Å². The second kappa shape index (κ2) is 14.8. The minimum Gasteiger partial charge on any atom is -0.311 e. The number of rotatable bonds is 4. The Morgan fingerprint density at radius 1 is 0.446 bits per heavy atom. The van der Waals surface area contributed by atoms with Crippen molar-refractivity contribution in [2.75, 3.05) is 9.80 Å². The van der Waals surface area contributed by atoms with Crippen LogP contribution in [0.25, 0.3) is 42.4 Å². The summed E-state index contributed by atoms with van der Waals surface area (Å²) in [6, 6.07) is 53.8. The van der Waals surface area contributed by atoms with Crippen molar-refractivity contribution in [2.45, 2.75) is 92.4 Å². The van der Waals surface area contributed by atoms with Crippen LogP contribution in [0.1, 0.15) is 90.1 Å². The summed E-state index contributed by atoms with van der Waals surface area (Å²) in [6.07, 6.45) is 0. The van der Waals surface area contributed by atoms with E-state index < -0.39 is 0 Å². The van der Waals surface area contributed by atoms with Crippen LogP contribution in [-0.4, -0.2) is 6.71 Å². The summed E-state index contributed by atoms with van der Waals surface area (Å²) in [6.45, 7) is 25.6. The normalized spacial score (nSPS) is 13.7. The van der Waals surface area contributed by atoms with Gasteiger partial charge in [0.15, 0.2) is 0 Å². The lowest BCUT2D eigenvalue weighted by Gasteiger charge is -2.44. The Kier molecular flexibility index (Phi) is 9.53. The molecule has 65 heavy (non-hydrogen) atoms. The van der Waals surface area contributed by atoms with Gasteiger partial charge in [-0.05, 0) is 139 Å². The molecule has 2 aromatic heterocycles. The number of hydrogen-bond acceptors (Lipinski definition) is 4. The summed E-state index contributed by atoms with van der Waals surface area (Å²) < 4.78 is 2.65.